The third-order valence-corrected chi connectivity index (χ3v) is 9.81. The fourth-order valence-electron chi connectivity index (χ4n) is 7.96. The lowest BCUT2D eigenvalue weighted by molar-refractivity contribution is -0.171. The third kappa shape index (κ3) is 3.29. The zero-order valence-electron chi connectivity index (χ0n) is 23.2. The number of rotatable bonds is 4. The molecule has 4 bridgehead atoms. The van der Waals surface area contributed by atoms with Crippen molar-refractivity contribution in [3.63, 3.8) is 0 Å². The SMILES string of the molecule is CC(C)=CC[C@@]12OC[C@@H]3[C@@H](CN4CCCCC4)[C@@H](C=C4C(=O)c5c(cc6c(c5O)C=CC(C)(C)O6)O[C@]431)C2=O. The van der Waals surface area contributed by atoms with Crippen molar-refractivity contribution in [1.29, 1.82) is 0 Å². The van der Waals surface area contributed by atoms with Crippen LogP contribution in [-0.2, 0) is 9.53 Å². The van der Waals surface area contributed by atoms with Crippen LogP contribution in [-0.4, -0.2) is 64.6 Å². The first-order chi connectivity index (χ1) is 18.6. The molecule has 5 atom stereocenters. The van der Waals surface area contributed by atoms with Crippen LogP contribution in [0.2, 0.25) is 0 Å². The smallest absolute Gasteiger partial charge is 0.200 e. The molecule has 2 saturated heterocycles. The first-order valence-electron chi connectivity index (χ1n) is 14.4. The maximum absolute atomic E-state index is 14.4. The summed E-state index contributed by atoms with van der Waals surface area (Å²) in [5.41, 5.74) is -0.926. The zero-order chi connectivity index (χ0) is 27.3. The van der Waals surface area contributed by atoms with Gasteiger partial charge in [-0.1, -0.05) is 24.1 Å². The van der Waals surface area contributed by atoms with Crippen molar-refractivity contribution in [2.24, 2.45) is 17.8 Å². The monoisotopic (exact) mass is 531 g/mol. The number of phenolic OH excluding ortho intramolecular Hbond substituents is 1. The van der Waals surface area contributed by atoms with E-state index >= 15 is 0 Å². The Morgan fingerprint density at radius 3 is 2.64 bits per heavy atom. The van der Waals surface area contributed by atoms with Gasteiger partial charge in [-0.05, 0) is 71.7 Å². The highest BCUT2D eigenvalue weighted by Crippen LogP contribution is 2.65. The molecular formula is C32H37NO6. The van der Waals surface area contributed by atoms with Crippen molar-refractivity contribution in [1.82, 2.24) is 4.90 Å². The molecule has 1 aromatic carbocycles. The van der Waals surface area contributed by atoms with Gasteiger partial charge in [-0.25, -0.2) is 0 Å². The van der Waals surface area contributed by atoms with Gasteiger partial charge in [0.15, 0.2) is 22.8 Å². The van der Waals surface area contributed by atoms with E-state index in [0.717, 1.165) is 25.2 Å². The average Bonchev–Trinajstić information content (AvgIpc) is 3.17. The average molecular weight is 532 g/mol. The topological polar surface area (TPSA) is 85.3 Å². The quantitative estimate of drug-likeness (QED) is 0.555. The molecule has 7 aliphatic rings. The van der Waals surface area contributed by atoms with Gasteiger partial charge in [0.1, 0.15) is 28.4 Å². The Bertz CT molecular complexity index is 1380. The summed E-state index contributed by atoms with van der Waals surface area (Å²) in [7, 11) is 0. The van der Waals surface area contributed by atoms with Gasteiger partial charge in [-0.3, -0.25) is 9.59 Å². The predicted octanol–water partition coefficient (Wildman–Crippen LogP) is 4.87. The molecule has 1 aromatic rings. The van der Waals surface area contributed by atoms with Gasteiger partial charge in [0.2, 0.25) is 0 Å². The number of allylic oxidation sites excluding steroid dienone is 2. The summed E-state index contributed by atoms with van der Waals surface area (Å²) in [4.78, 5) is 31.2. The molecule has 1 spiro atoms. The van der Waals surface area contributed by atoms with E-state index in [1.807, 2.05) is 45.9 Å². The number of likely N-dealkylation sites (tertiary alicyclic amines) is 1. The molecule has 0 unspecified atom stereocenters. The number of carbonyl (C=O) groups is 2. The summed E-state index contributed by atoms with van der Waals surface area (Å²) in [6.07, 6.45) is 11.5. The Kier molecular flexibility index (Phi) is 5.34. The number of carbonyl (C=O) groups excluding carboxylic acids is 2. The number of ether oxygens (including phenoxy) is 3. The molecule has 39 heavy (non-hydrogen) atoms. The number of hydrogen-bond donors (Lipinski definition) is 1. The molecule has 0 radical (unpaired) electrons. The summed E-state index contributed by atoms with van der Waals surface area (Å²) < 4.78 is 19.7. The molecule has 7 nitrogen and oxygen atoms in total. The Balaban J connectivity index is 1.40. The predicted molar refractivity (Wildman–Crippen MR) is 146 cm³/mol. The molecular weight excluding hydrogens is 494 g/mol. The highest BCUT2D eigenvalue weighted by molar-refractivity contribution is 6.18. The normalized spacial score (nSPS) is 35.4. The summed E-state index contributed by atoms with van der Waals surface area (Å²) in [6.45, 7) is 11.1. The van der Waals surface area contributed by atoms with Crippen molar-refractivity contribution in [3.05, 3.63) is 46.6 Å². The fraction of sp³-hybridized carbons (Fsp3) is 0.562. The van der Waals surface area contributed by atoms with Gasteiger partial charge in [-0.15, -0.1) is 0 Å². The van der Waals surface area contributed by atoms with E-state index in [1.54, 1.807) is 12.1 Å². The third-order valence-electron chi connectivity index (χ3n) is 9.81. The van der Waals surface area contributed by atoms with Gasteiger partial charge in [-0.2, -0.15) is 0 Å². The van der Waals surface area contributed by atoms with Gasteiger partial charge in [0.25, 0.3) is 0 Å². The Labute approximate surface area is 229 Å². The first-order valence-corrected chi connectivity index (χ1v) is 14.4. The highest BCUT2D eigenvalue weighted by atomic mass is 16.6. The van der Waals surface area contributed by atoms with Gasteiger partial charge in [0.05, 0.1) is 12.2 Å². The number of piperidine rings is 1. The number of nitrogens with zero attached hydrogens (tertiary/aromatic N) is 1. The molecule has 8 rings (SSSR count). The van der Waals surface area contributed by atoms with Crippen LogP contribution in [0.25, 0.3) is 6.08 Å². The van der Waals surface area contributed by atoms with Crippen molar-refractivity contribution < 1.29 is 28.9 Å². The van der Waals surface area contributed by atoms with Crippen LogP contribution < -0.4 is 9.47 Å². The van der Waals surface area contributed by atoms with Gasteiger partial charge >= 0.3 is 0 Å². The highest BCUT2D eigenvalue weighted by Gasteiger charge is 2.79. The maximum atomic E-state index is 14.4. The largest absolute Gasteiger partial charge is 0.506 e. The first kappa shape index (κ1) is 25.1. The number of phenols is 1. The van der Waals surface area contributed by atoms with Crippen LogP contribution >= 0.6 is 0 Å². The van der Waals surface area contributed by atoms with Gasteiger partial charge < -0.3 is 24.2 Å². The second-order valence-electron chi connectivity index (χ2n) is 12.9. The maximum Gasteiger partial charge on any atom is 0.200 e. The molecule has 0 amide bonds. The minimum absolute atomic E-state index is 0.000342. The number of Topliss-reactive ketones (excluding diaryl/α,β-unsaturated/α-hetero) is 2. The second-order valence-corrected chi connectivity index (χ2v) is 12.9. The lowest BCUT2D eigenvalue weighted by atomic mass is 9.49. The Morgan fingerprint density at radius 1 is 1.13 bits per heavy atom. The van der Waals surface area contributed by atoms with E-state index in [2.05, 4.69) is 4.90 Å². The van der Waals surface area contributed by atoms with Crippen LogP contribution in [0.4, 0.5) is 0 Å². The van der Waals surface area contributed by atoms with E-state index in [0.29, 0.717) is 29.9 Å². The molecule has 7 heteroatoms. The number of ketones is 2. The Morgan fingerprint density at radius 2 is 1.90 bits per heavy atom. The number of hydrogen-bond acceptors (Lipinski definition) is 7. The van der Waals surface area contributed by atoms with Gasteiger partial charge in [0, 0.05) is 36.4 Å². The van der Waals surface area contributed by atoms with Crippen LogP contribution in [0, 0.1) is 17.8 Å². The zero-order valence-corrected chi connectivity index (χ0v) is 23.2. The molecule has 0 aromatic heterocycles. The van der Waals surface area contributed by atoms with Crippen LogP contribution in [0.3, 0.4) is 0 Å². The lowest BCUT2D eigenvalue weighted by Gasteiger charge is -2.58. The van der Waals surface area contributed by atoms with E-state index in [9.17, 15) is 14.7 Å². The van der Waals surface area contributed by atoms with Crippen LogP contribution in [0.1, 0.15) is 69.3 Å². The van der Waals surface area contributed by atoms with E-state index in [-0.39, 0.29) is 40.5 Å². The molecule has 1 N–H and O–H groups in total. The van der Waals surface area contributed by atoms with Crippen molar-refractivity contribution >= 4 is 17.6 Å². The molecule has 4 heterocycles. The van der Waals surface area contributed by atoms with Crippen molar-refractivity contribution in [2.75, 3.05) is 26.2 Å². The van der Waals surface area contributed by atoms with E-state index < -0.39 is 22.7 Å². The van der Waals surface area contributed by atoms with Crippen LogP contribution in [0.15, 0.2) is 35.4 Å². The van der Waals surface area contributed by atoms with Crippen molar-refractivity contribution in [3.8, 4) is 17.2 Å². The summed E-state index contributed by atoms with van der Waals surface area (Å²) in [5.74, 6) is -0.247. The van der Waals surface area contributed by atoms with Crippen molar-refractivity contribution in [2.45, 2.75) is 70.2 Å². The minimum atomic E-state index is -1.28. The molecule has 3 aliphatic carbocycles. The lowest BCUT2D eigenvalue weighted by Crippen LogP contribution is -2.74. The summed E-state index contributed by atoms with van der Waals surface area (Å²) >= 11 is 0. The minimum Gasteiger partial charge on any atom is -0.506 e. The summed E-state index contributed by atoms with van der Waals surface area (Å²) in [6, 6.07) is 1.72. The molecule has 1 saturated carbocycles. The Hall–Kier alpha value is -2.90. The van der Waals surface area contributed by atoms with E-state index in [4.69, 9.17) is 14.2 Å². The molecule has 3 fully saturated rings. The summed E-state index contributed by atoms with van der Waals surface area (Å²) in [5, 5.41) is 11.3. The number of fused-ring (bicyclic) bond motifs is 2. The molecule has 4 aliphatic heterocycles. The van der Waals surface area contributed by atoms with Crippen LogP contribution in [0.5, 0.6) is 17.2 Å². The number of aromatic hydroxyl groups is 1. The fourth-order valence-corrected chi connectivity index (χ4v) is 7.96. The molecule has 206 valence electrons. The van der Waals surface area contributed by atoms with E-state index in [1.165, 1.54) is 19.3 Å². The standard InChI is InChI=1S/C32H37NO6/c1-18(2)8-11-31-29(36)20-14-22-28(35)26-25(15-24-19(27(26)34)9-10-30(3,4)38-24)39-32(22,31)23(17-37-31)21(20)16-33-12-6-5-7-13-33/h8-10,14-15,20-21,23,34H,5-7,11-13,16-17H2,1-4H3/t20-,21+,23-,31+,32-/m1/s1. The number of benzene rings is 1. The second kappa shape index (κ2) is 8.31.